The summed E-state index contributed by atoms with van der Waals surface area (Å²) in [7, 11) is -3.42. The smallest absolute Gasteiger partial charge is 0.203 e. The summed E-state index contributed by atoms with van der Waals surface area (Å²) in [5.74, 6) is 0.124. The molecule has 0 radical (unpaired) electrons. The van der Waals surface area contributed by atoms with Crippen LogP contribution in [0.3, 0.4) is 0 Å². The van der Waals surface area contributed by atoms with Crippen molar-refractivity contribution in [1.29, 1.82) is 0 Å². The number of fused-ring (bicyclic) bond motifs is 2. The summed E-state index contributed by atoms with van der Waals surface area (Å²) in [6, 6.07) is 10.2. The maximum atomic E-state index is 12.4. The van der Waals surface area contributed by atoms with Crippen LogP contribution in [0.25, 0.3) is 17.0 Å². The molecule has 0 aliphatic carbocycles. The molecule has 1 aromatic heterocycles. The van der Waals surface area contributed by atoms with E-state index in [4.69, 9.17) is 0 Å². The molecule has 0 atom stereocenters. The van der Waals surface area contributed by atoms with E-state index in [1.165, 1.54) is 0 Å². The summed E-state index contributed by atoms with van der Waals surface area (Å²) in [4.78, 5) is 4.98. The number of sulfone groups is 1. The molecule has 3 aromatic rings. The van der Waals surface area contributed by atoms with Gasteiger partial charge in [0.15, 0.2) is 0 Å². The number of aromatic nitrogens is 1. The molecule has 0 spiro atoms. The zero-order chi connectivity index (χ0) is 17.8. The number of hydrogen-bond donors (Lipinski definition) is 2. The molecule has 2 N–H and O–H groups in total. The second-order valence-electron chi connectivity index (χ2n) is 5.85. The maximum absolute atomic E-state index is 12.4. The third-order valence-electron chi connectivity index (χ3n) is 4.11. The van der Waals surface area contributed by atoms with Gasteiger partial charge in [-0.05, 0) is 48.9 Å². The zero-order valence-corrected chi connectivity index (χ0v) is 15.5. The fourth-order valence-electron chi connectivity index (χ4n) is 2.92. The molecule has 1 aliphatic heterocycles. The summed E-state index contributed by atoms with van der Waals surface area (Å²) >= 11 is 3.34. The van der Waals surface area contributed by atoms with Crippen LogP contribution in [0.4, 0.5) is 11.4 Å². The lowest BCUT2D eigenvalue weighted by atomic mass is 10.1. The zero-order valence-electron chi connectivity index (χ0n) is 13.1. The number of anilines is 2. The molecule has 25 heavy (non-hydrogen) atoms. The minimum Gasteiger partial charge on any atom is -0.508 e. The molecule has 7 heteroatoms. The molecule has 0 fully saturated rings. The van der Waals surface area contributed by atoms with Gasteiger partial charge in [-0.25, -0.2) is 8.42 Å². The number of pyridine rings is 1. The molecule has 0 saturated carbocycles. The van der Waals surface area contributed by atoms with Crippen LogP contribution >= 0.6 is 15.9 Å². The van der Waals surface area contributed by atoms with Crippen LogP contribution in [0.15, 0.2) is 56.9 Å². The molecule has 0 bridgehead atoms. The summed E-state index contributed by atoms with van der Waals surface area (Å²) in [6.45, 7) is 1.59. The second-order valence-corrected chi connectivity index (χ2v) is 8.85. The van der Waals surface area contributed by atoms with Gasteiger partial charge in [0.1, 0.15) is 5.75 Å². The summed E-state index contributed by atoms with van der Waals surface area (Å²) in [5, 5.41) is 13.7. The van der Waals surface area contributed by atoms with Crippen LogP contribution in [0.2, 0.25) is 0 Å². The van der Waals surface area contributed by atoms with Gasteiger partial charge in [0.2, 0.25) is 9.84 Å². The van der Waals surface area contributed by atoms with Crippen LogP contribution in [0.1, 0.15) is 12.5 Å². The van der Waals surface area contributed by atoms with Crippen molar-refractivity contribution in [2.75, 3.05) is 5.32 Å². The van der Waals surface area contributed by atoms with E-state index in [2.05, 4.69) is 26.2 Å². The van der Waals surface area contributed by atoms with E-state index in [0.717, 1.165) is 4.47 Å². The number of phenols is 1. The van der Waals surface area contributed by atoms with Gasteiger partial charge < -0.3 is 10.4 Å². The summed E-state index contributed by atoms with van der Waals surface area (Å²) in [5.41, 5.74) is 2.75. The Kier molecular flexibility index (Phi) is 3.59. The van der Waals surface area contributed by atoms with Gasteiger partial charge in [0.05, 0.1) is 10.4 Å². The Morgan fingerprint density at radius 2 is 1.96 bits per heavy atom. The first kappa shape index (κ1) is 16.1. The number of benzene rings is 2. The van der Waals surface area contributed by atoms with Crippen LogP contribution in [-0.2, 0) is 9.84 Å². The Morgan fingerprint density at radius 1 is 1.16 bits per heavy atom. The molecule has 2 heterocycles. The van der Waals surface area contributed by atoms with Gasteiger partial charge in [-0.1, -0.05) is 15.9 Å². The quantitative estimate of drug-likeness (QED) is 0.638. The van der Waals surface area contributed by atoms with E-state index in [9.17, 15) is 13.5 Å². The topological polar surface area (TPSA) is 79.3 Å². The molecule has 1 aliphatic rings. The van der Waals surface area contributed by atoms with Gasteiger partial charge in [-0.3, -0.25) is 4.98 Å². The Labute approximate surface area is 153 Å². The fourth-order valence-corrected chi connectivity index (χ4v) is 4.73. The van der Waals surface area contributed by atoms with Crippen molar-refractivity contribution in [2.24, 2.45) is 0 Å². The van der Waals surface area contributed by atoms with E-state index in [1.54, 1.807) is 49.5 Å². The monoisotopic (exact) mass is 416 g/mol. The Bertz CT molecular complexity index is 1150. The number of nitrogens with one attached hydrogen (secondary N) is 1. The Hall–Kier alpha value is -2.38. The van der Waals surface area contributed by atoms with Crippen molar-refractivity contribution < 1.29 is 13.5 Å². The second kappa shape index (κ2) is 5.57. The summed E-state index contributed by atoms with van der Waals surface area (Å²) < 4.78 is 25.6. The number of aromatic hydroxyl groups is 1. The average molecular weight is 417 g/mol. The van der Waals surface area contributed by atoms with E-state index in [0.29, 0.717) is 37.6 Å². The number of rotatable bonds is 2. The van der Waals surface area contributed by atoms with E-state index >= 15 is 0 Å². The number of hydrogen-bond acceptors (Lipinski definition) is 5. The normalized spacial score (nSPS) is 15.0. The summed E-state index contributed by atoms with van der Waals surface area (Å²) in [6.07, 6.45) is 3.33. The first-order valence-corrected chi connectivity index (χ1v) is 9.75. The van der Waals surface area contributed by atoms with E-state index < -0.39 is 9.84 Å². The first-order chi connectivity index (χ1) is 11.8. The lowest BCUT2D eigenvalue weighted by molar-refractivity contribution is 0.475. The van der Waals surface area contributed by atoms with Crippen molar-refractivity contribution >= 4 is 54.1 Å². The molecule has 0 amide bonds. The predicted molar refractivity (Wildman–Crippen MR) is 102 cm³/mol. The predicted octanol–water partition coefficient (Wildman–Crippen LogP) is 4.59. The molecular weight excluding hydrogens is 404 g/mol. The molecule has 126 valence electrons. The van der Waals surface area contributed by atoms with Gasteiger partial charge in [-0.15, -0.1) is 0 Å². The van der Waals surface area contributed by atoms with Crippen LogP contribution in [0, 0.1) is 0 Å². The Balaban J connectivity index is 1.88. The van der Waals surface area contributed by atoms with Gasteiger partial charge in [0.25, 0.3) is 0 Å². The highest BCUT2D eigenvalue weighted by molar-refractivity contribution is 9.10. The molecule has 0 saturated heterocycles. The van der Waals surface area contributed by atoms with E-state index in [-0.39, 0.29) is 5.75 Å². The van der Waals surface area contributed by atoms with Gasteiger partial charge >= 0.3 is 0 Å². The van der Waals surface area contributed by atoms with Crippen LogP contribution in [-0.4, -0.2) is 18.5 Å². The van der Waals surface area contributed by atoms with Crippen molar-refractivity contribution in [1.82, 2.24) is 4.98 Å². The third kappa shape index (κ3) is 2.69. The minimum atomic E-state index is -3.42. The molecular formula is C18H13BrN2O3S. The number of nitrogens with zero attached hydrogens (tertiary/aromatic N) is 1. The van der Waals surface area contributed by atoms with Gasteiger partial charge in [0, 0.05) is 38.4 Å². The lowest BCUT2D eigenvalue weighted by Gasteiger charge is -2.11. The number of allylic oxidation sites excluding steroid dienone is 1. The van der Waals surface area contributed by atoms with Crippen molar-refractivity contribution in [3.8, 4) is 5.75 Å². The molecule has 5 nitrogen and oxygen atoms in total. The number of phenolic OH excluding ortho intramolecular Hbond substituents is 1. The average Bonchev–Trinajstić information content (AvgIpc) is 2.74. The van der Waals surface area contributed by atoms with Crippen molar-refractivity contribution in [3.63, 3.8) is 0 Å². The SMILES string of the molecule is CC1=Cc2cc3nccc(Nc4cc(O)cc(Br)c4)c3cc2S1(=O)=O. The highest BCUT2D eigenvalue weighted by atomic mass is 79.9. The maximum Gasteiger partial charge on any atom is 0.203 e. The van der Waals surface area contributed by atoms with Crippen LogP contribution < -0.4 is 5.32 Å². The van der Waals surface area contributed by atoms with E-state index in [1.807, 2.05) is 6.07 Å². The minimum absolute atomic E-state index is 0.124. The lowest BCUT2D eigenvalue weighted by Crippen LogP contribution is -1.99. The van der Waals surface area contributed by atoms with Crippen molar-refractivity contribution in [3.05, 3.63) is 57.5 Å². The largest absolute Gasteiger partial charge is 0.508 e. The standard InChI is InChI=1S/C18H13BrN2O3S/c1-10-4-11-5-17-15(9-18(11)25(10,23)24)16(2-3-20-17)21-13-6-12(19)7-14(22)8-13/h2-9,22H,1H3,(H,20,21). The van der Waals surface area contributed by atoms with Gasteiger partial charge in [-0.2, -0.15) is 0 Å². The Morgan fingerprint density at radius 3 is 2.72 bits per heavy atom. The first-order valence-electron chi connectivity index (χ1n) is 7.47. The molecule has 2 aromatic carbocycles. The van der Waals surface area contributed by atoms with Crippen LogP contribution in [0.5, 0.6) is 5.75 Å². The van der Waals surface area contributed by atoms with Crippen molar-refractivity contribution in [2.45, 2.75) is 11.8 Å². The third-order valence-corrected chi connectivity index (χ3v) is 6.46. The highest BCUT2D eigenvalue weighted by Crippen LogP contribution is 2.37. The fraction of sp³-hybridized carbons (Fsp3) is 0.0556. The molecule has 0 unspecified atom stereocenters. The highest BCUT2D eigenvalue weighted by Gasteiger charge is 2.27. The molecule has 4 rings (SSSR count). The number of halogens is 1.